The van der Waals surface area contributed by atoms with Gasteiger partial charge in [-0.05, 0) is 68.4 Å². The van der Waals surface area contributed by atoms with Crippen LogP contribution in [0.3, 0.4) is 0 Å². The lowest BCUT2D eigenvalue weighted by Gasteiger charge is -2.31. The van der Waals surface area contributed by atoms with Crippen LogP contribution in [0.4, 0.5) is 5.00 Å². The number of thiophene rings is 1. The molecule has 1 atom stereocenters. The Kier molecular flexibility index (Phi) is 6.90. The fraction of sp³-hybridized carbons (Fsp3) is 0.455. The summed E-state index contributed by atoms with van der Waals surface area (Å²) in [7, 11) is -2.39. The molecule has 1 saturated heterocycles. The molecule has 1 N–H and O–H groups in total. The van der Waals surface area contributed by atoms with Crippen molar-refractivity contribution in [1.82, 2.24) is 4.31 Å². The SMILES string of the molecule is COC(=O)c1c(NC(=O)[C@@H]2CCCN(S(=O)(=O)c3ccc(Cl)cc3)C2)sc2c1CCCC2. The topological polar surface area (TPSA) is 92.8 Å². The Balaban J connectivity index is 1.53. The maximum absolute atomic E-state index is 13.1. The highest BCUT2D eigenvalue weighted by atomic mass is 35.5. The van der Waals surface area contributed by atoms with E-state index in [1.54, 1.807) is 0 Å². The molecule has 2 aliphatic rings. The molecule has 1 fully saturated rings. The van der Waals surface area contributed by atoms with E-state index in [2.05, 4.69) is 5.32 Å². The standard InChI is InChI=1S/C22H25ClN2O5S2/c1-30-22(27)19-17-6-2-3-7-18(17)31-21(19)24-20(26)14-5-4-12-25(13-14)32(28,29)16-10-8-15(23)9-11-16/h8-11,14H,2-7,12-13H2,1H3,(H,24,26)/t14-/m1/s1. The van der Waals surface area contributed by atoms with E-state index >= 15 is 0 Å². The van der Waals surface area contributed by atoms with E-state index < -0.39 is 21.9 Å². The molecule has 7 nitrogen and oxygen atoms in total. The van der Waals surface area contributed by atoms with E-state index in [1.807, 2.05) is 0 Å². The number of nitrogens with zero attached hydrogens (tertiary/aromatic N) is 1. The number of carbonyl (C=O) groups excluding carboxylic acids is 2. The second kappa shape index (κ2) is 9.51. The smallest absolute Gasteiger partial charge is 0.341 e. The van der Waals surface area contributed by atoms with E-state index in [0.29, 0.717) is 35.0 Å². The summed E-state index contributed by atoms with van der Waals surface area (Å²) < 4.78 is 32.4. The number of ether oxygens (including phenoxy) is 1. The maximum Gasteiger partial charge on any atom is 0.341 e. The summed E-state index contributed by atoms with van der Waals surface area (Å²) in [4.78, 5) is 26.8. The van der Waals surface area contributed by atoms with E-state index in [-0.39, 0.29) is 17.3 Å². The van der Waals surface area contributed by atoms with E-state index in [0.717, 1.165) is 36.1 Å². The number of fused-ring (bicyclic) bond motifs is 1. The molecule has 2 heterocycles. The van der Waals surface area contributed by atoms with Gasteiger partial charge in [-0.1, -0.05) is 11.6 Å². The Morgan fingerprint density at radius 1 is 1.16 bits per heavy atom. The molecule has 0 saturated carbocycles. The maximum atomic E-state index is 13.1. The lowest BCUT2D eigenvalue weighted by atomic mass is 9.95. The van der Waals surface area contributed by atoms with Crippen molar-refractivity contribution in [2.45, 2.75) is 43.4 Å². The largest absolute Gasteiger partial charge is 0.465 e. The lowest BCUT2D eigenvalue weighted by Crippen LogP contribution is -2.43. The minimum absolute atomic E-state index is 0.0927. The molecule has 0 bridgehead atoms. The Morgan fingerprint density at radius 3 is 2.59 bits per heavy atom. The average molecular weight is 497 g/mol. The quantitative estimate of drug-likeness (QED) is 0.629. The van der Waals surface area contributed by atoms with Gasteiger partial charge in [0.1, 0.15) is 5.00 Å². The van der Waals surface area contributed by atoms with Gasteiger partial charge in [0.15, 0.2) is 0 Å². The Morgan fingerprint density at radius 2 is 1.88 bits per heavy atom. The molecule has 172 valence electrons. The number of halogens is 1. The molecule has 32 heavy (non-hydrogen) atoms. The number of hydrogen-bond acceptors (Lipinski definition) is 6. The van der Waals surface area contributed by atoms with Crippen molar-refractivity contribution in [3.05, 3.63) is 45.3 Å². The van der Waals surface area contributed by atoms with Gasteiger partial charge in [-0.2, -0.15) is 4.31 Å². The zero-order valence-electron chi connectivity index (χ0n) is 17.7. The molecule has 1 aromatic carbocycles. The number of hydrogen-bond donors (Lipinski definition) is 1. The van der Waals surface area contributed by atoms with Crippen LogP contribution in [0, 0.1) is 5.92 Å². The number of nitrogens with one attached hydrogen (secondary N) is 1. The summed E-state index contributed by atoms with van der Waals surface area (Å²) in [5.74, 6) is -1.23. The number of esters is 1. The van der Waals surface area contributed by atoms with Crippen LogP contribution < -0.4 is 5.32 Å². The van der Waals surface area contributed by atoms with Crippen LogP contribution in [0.5, 0.6) is 0 Å². The van der Waals surface area contributed by atoms with Gasteiger partial charge in [0.05, 0.1) is 23.5 Å². The highest BCUT2D eigenvalue weighted by molar-refractivity contribution is 7.89. The summed E-state index contributed by atoms with van der Waals surface area (Å²) in [5, 5.41) is 3.88. The fourth-order valence-electron chi connectivity index (χ4n) is 4.32. The summed E-state index contributed by atoms with van der Waals surface area (Å²) in [5.41, 5.74) is 1.42. The molecule has 0 radical (unpaired) electrons. The number of anilines is 1. The second-order valence-corrected chi connectivity index (χ2v) is 11.5. The average Bonchev–Trinajstić information content (AvgIpc) is 3.16. The van der Waals surface area contributed by atoms with Gasteiger partial charge in [-0.25, -0.2) is 13.2 Å². The fourth-order valence-corrected chi connectivity index (χ4v) is 7.25. The van der Waals surface area contributed by atoms with Crippen LogP contribution in [-0.4, -0.2) is 44.8 Å². The van der Waals surface area contributed by atoms with Gasteiger partial charge in [0, 0.05) is 23.0 Å². The van der Waals surface area contributed by atoms with Crippen molar-refractivity contribution >= 4 is 49.8 Å². The molecule has 0 spiro atoms. The third kappa shape index (κ3) is 4.57. The van der Waals surface area contributed by atoms with Crippen molar-refractivity contribution in [2.24, 2.45) is 5.92 Å². The summed E-state index contributed by atoms with van der Waals surface area (Å²) in [6.45, 7) is 0.449. The molecule has 1 amide bonds. The molecule has 1 aromatic heterocycles. The number of rotatable bonds is 5. The summed E-state index contributed by atoms with van der Waals surface area (Å²) in [6, 6.07) is 6.02. The van der Waals surface area contributed by atoms with Crippen molar-refractivity contribution < 1.29 is 22.7 Å². The van der Waals surface area contributed by atoms with Crippen molar-refractivity contribution in [2.75, 3.05) is 25.5 Å². The number of aryl methyl sites for hydroxylation is 1. The van der Waals surface area contributed by atoms with Gasteiger partial charge in [0.25, 0.3) is 0 Å². The third-order valence-electron chi connectivity index (χ3n) is 6.00. The predicted octanol–water partition coefficient (Wildman–Crippen LogP) is 4.11. The zero-order chi connectivity index (χ0) is 22.9. The van der Waals surface area contributed by atoms with Gasteiger partial charge >= 0.3 is 5.97 Å². The first-order chi connectivity index (χ1) is 15.3. The van der Waals surface area contributed by atoms with Crippen molar-refractivity contribution in [3.8, 4) is 0 Å². The third-order valence-corrected chi connectivity index (χ3v) is 9.34. The van der Waals surface area contributed by atoms with Crippen LogP contribution in [0.25, 0.3) is 0 Å². The highest BCUT2D eigenvalue weighted by Crippen LogP contribution is 2.39. The molecule has 4 rings (SSSR count). The van der Waals surface area contributed by atoms with Crippen LogP contribution in [0.1, 0.15) is 46.5 Å². The minimum atomic E-state index is -3.72. The molecule has 1 aliphatic heterocycles. The lowest BCUT2D eigenvalue weighted by molar-refractivity contribution is -0.120. The zero-order valence-corrected chi connectivity index (χ0v) is 20.1. The highest BCUT2D eigenvalue weighted by Gasteiger charge is 2.34. The van der Waals surface area contributed by atoms with Crippen LogP contribution >= 0.6 is 22.9 Å². The first-order valence-corrected chi connectivity index (χ1v) is 13.2. The van der Waals surface area contributed by atoms with E-state index in [4.69, 9.17) is 16.3 Å². The molecular weight excluding hydrogens is 472 g/mol. The number of piperidine rings is 1. The number of methoxy groups -OCH3 is 1. The van der Waals surface area contributed by atoms with Gasteiger partial charge < -0.3 is 10.1 Å². The minimum Gasteiger partial charge on any atom is -0.465 e. The number of benzene rings is 1. The molecule has 1 aliphatic carbocycles. The first-order valence-electron chi connectivity index (χ1n) is 10.6. The Labute approximate surface area is 196 Å². The first kappa shape index (κ1) is 23.2. The van der Waals surface area contributed by atoms with E-state index in [9.17, 15) is 18.0 Å². The number of sulfonamides is 1. The second-order valence-electron chi connectivity index (χ2n) is 8.05. The van der Waals surface area contributed by atoms with Gasteiger partial charge in [-0.15, -0.1) is 11.3 Å². The number of amides is 1. The summed E-state index contributed by atoms with van der Waals surface area (Å²) in [6.07, 6.45) is 4.90. The molecule has 2 aromatic rings. The molecule has 0 unspecified atom stereocenters. The Bertz CT molecular complexity index is 1130. The number of carbonyl (C=O) groups is 2. The van der Waals surface area contributed by atoms with Crippen molar-refractivity contribution in [3.63, 3.8) is 0 Å². The van der Waals surface area contributed by atoms with Crippen LogP contribution in [0.2, 0.25) is 5.02 Å². The van der Waals surface area contributed by atoms with Crippen LogP contribution in [0.15, 0.2) is 29.2 Å². The van der Waals surface area contributed by atoms with E-state index in [1.165, 1.54) is 47.0 Å². The van der Waals surface area contributed by atoms with Crippen molar-refractivity contribution in [1.29, 1.82) is 0 Å². The monoisotopic (exact) mass is 496 g/mol. The Hall–Kier alpha value is -1.94. The van der Waals surface area contributed by atoms with Gasteiger partial charge in [0.2, 0.25) is 15.9 Å². The summed E-state index contributed by atoms with van der Waals surface area (Å²) >= 11 is 7.30. The van der Waals surface area contributed by atoms with Gasteiger partial charge in [-0.3, -0.25) is 4.79 Å². The predicted molar refractivity (Wildman–Crippen MR) is 124 cm³/mol. The normalized spacial score (nSPS) is 19.2. The molecule has 10 heteroatoms. The van der Waals surface area contributed by atoms with Crippen LogP contribution in [-0.2, 0) is 32.4 Å². The molecular formula is C22H25ClN2O5S2.